The molecule has 2 N–H and O–H groups in total. The fraction of sp³-hybridized carbons (Fsp3) is 0.556. The summed E-state index contributed by atoms with van der Waals surface area (Å²) in [5.74, 6) is -1.92. The molecular formula is C18H25NO3. The quantitative estimate of drug-likeness (QED) is 0.847. The van der Waals surface area contributed by atoms with Gasteiger partial charge in [-0.25, -0.2) is 0 Å². The molecule has 4 nitrogen and oxygen atoms in total. The Labute approximate surface area is 131 Å². The van der Waals surface area contributed by atoms with Gasteiger partial charge in [-0.05, 0) is 24.3 Å². The number of nitrogens with one attached hydrogen (secondary N) is 1. The molecule has 0 bridgehead atoms. The zero-order chi connectivity index (χ0) is 15.9. The van der Waals surface area contributed by atoms with Crippen LogP contribution in [0.5, 0.6) is 0 Å². The standard InChI is InChI=1S/C18H25NO3/c1-13(14-8-4-2-5-9-14)16(18(21)22)12-17(20)19-15-10-6-3-7-11-15/h2,4-5,8-9,13,15-16H,3,6-7,10-12H2,1H3,(H,19,20)(H,21,22)/t13-,16-/m0/s1. The molecule has 120 valence electrons. The molecule has 0 unspecified atom stereocenters. The summed E-state index contributed by atoms with van der Waals surface area (Å²) >= 11 is 0. The topological polar surface area (TPSA) is 66.4 Å². The van der Waals surface area contributed by atoms with Crippen LogP contribution in [-0.4, -0.2) is 23.0 Å². The number of rotatable bonds is 6. The maximum absolute atomic E-state index is 12.2. The minimum absolute atomic E-state index is 0.0435. The number of amides is 1. The van der Waals surface area contributed by atoms with Crippen LogP contribution in [-0.2, 0) is 9.59 Å². The SMILES string of the molecule is C[C@@H](c1ccccc1)[C@H](CC(=O)NC1CCCCC1)C(=O)O. The van der Waals surface area contributed by atoms with Crippen molar-refractivity contribution in [1.29, 1.82) is 0 Å². The van der Waals surface area contributed by atoms with Crippen molar-refractivity contribution in [3.63, 3.8) is 0 Å². The fourth-order valence-corrected chi connectivity index (χ4v) is 3.20. The molecule has 2 rings (SSSR count). The summed E-state index contributed by atoms with van der Waals surface area (Å²) in [6.07, 6.45) is 5.59. The van der Waals surface area contributed by atoms with E-state index in [9.17, 15) is 14.7 Å². The van der Waals surface area contributed by atoms with Crippen LogP contribution in [0.1, 0.15) is 56.9 Å². The second kappa shape index (κ2) is 7.97. The third kappa shape index (κ3) is 4.58. The Morgan fingerprint density at radius 2 is 1.82 bits per heavy atom. The lowest BCUT2D eigenvalue weighted by Gasteiger charge is -2.25. The van der Waals surface area contributed by atoms with Gasteiger partial charge in [0.15, 0.2) is 0 Å². The highest BCUT2D eigenvalue weighted by atomic mass is 16.4. The van der Waals surface area contributed by atoms with Crippen molar-refractivity contribution in [2.24, 2.45) is 5.92 Å². The van der Waals surface area contributed by atoms with Crippen molar-refractivity contribution in [2.75, 3.05) is 0 Å². The van der Waals surface area contributed by atoms with E-state index in [2.05, 4.69) is 5.32 Å². The average Bonchev–Trinajstić information content (AvgIpc) is 2.53. The monoisotopic (exact) mass is 303 g/mol. The number of aliphatic carboxylic acids is 1. The van der Waals surface area contributed by atoms with Crippen molar-refractivity contribution in [1.82, 2.24) is 5.32 Å². The van der Waals surface area contributed by atoms with E-state index < -0.39 is 11.9 Å². The van der Waals surface area contributed by atoms with Gasteiger partial charge in [0.1, 0.15) is 0 Å². The van der Waals surface area contributed by atoms with Gasteiger partial charge in [-0.15, -0.1) is 0 Å². The Morgan fingerprint density at radius 1 is 1.18 bits per heavy atom. The maximum atomic E-state index is 12.2. The van der Waals surface area contributed by atoms with E-state index in [1.807, 2.05) is 37.3 Å². The molecule has 1 aromatic rings. The van der Waals surface area contributed by atoms with E-state index in [4.69, 9.17) is 0 Å². The molecule has 4 heteroatoms. The molecule has 2 atom stereocenters. The number of carbonyl (C=O) groups excluding carboxylic acids is 1. The summed E-state index contributed by atoms with van der Waals surface area (Å²) in [5.41, 5.74) is 0.959. The van der Waals surface area contributed by atoms with Crippen molar-refractivity contribution in [3.05, 3.63) is 35.9 Å². The van der Waals surface area contributed by atoms with Crippen LogP contribution >= 0.6 is 0 Å². The first kappa shape index (κ1) is 16.5. The summed E-state index contributed by atoms with van der Waals surface area (Å²) in [6, 6.07) is 9.75. The second-order valence-corrected chi connectivity index (χ2v) is 6.25. The highest BCUT2D eigenvalue weighted by molar-refractivity contribution is 5.83. The van der Waals surface area contributed by atoms with E-state index in [0.29, 0.717) is 0 Å². The van der Waals surface area contributed by atoms with Gasteiger partial charge in [0.25, 0.3) is 0 Å². The number of hydrogen-bond acceptors (Lipinski definition) is 2. The predicted molar refractivity (Wildman–Crippen MR) is 85.6 cm³/mol. The van der Waals surface area contributed by atoms with Crippen LogP contribution in [0.3, 0.4) is 0 Å². The zero-order valence-electron chi connectivity index (χ0n) is 13.1. The van der Waals surface area contributed by atoms with E-state index in [0.717, 1.165) is 31.2 Å². The first-order valence-corrected chi connectivity index (χ1v) is 8.15. The van der Waals surface area contributed by atoms with Crippen LogP contribution in [0.15, 0.2) is 30.3 Å². The van der Waals surface area contributed by atoms with Crippen LogP contribution in [0.4, 0.5) is 0 Å². The van der Waals surface area contributed by atoms with E-state index in [1.54, 1.807) is 0 Å². The van der Waals surface area contributed by atoms with Gasteiger partial charge in [0.05, 0.1) is 5.92 Å². The minimum Gasteiger partial charge on any atom is -0.481 e. The van der Waals surface area contributed by atoms with Crippen molar-refractivity contribution >= 4 is 11.9 Å². The molecule has 0 radical (unpaired) electrons. The first-order valence-electron chi connectivity index (χ1n) is 8.15. The average molecular weight is 303 g/mol. The molecule has 22 heavy (non-hydrogen) atoms. The Balaban J connectivity index is 1.96. The Kier molecular flexibility index (Phi) is 5.99. The highest BCUT2D eigenvalue weighted by Gasteiger charge is 2.29. The second-order valence-electron chi connectivity index (χ2n) is 6.25. The number of carbonyl (C=O) groups is 2. The third-order valence-corrected chi connectivity index (χ3v) is 4.62. The molecule has 0 heterocycles. The Bertz CT molecular complexity index is 494. The van der Waals surface area contributed by atoms with Crippen molar-refractivity contribution in [3.8, 4) is 0 Å². The number of carboxylic acid groups (broad SMARTS) is 1. The molecule has 0 spiro atoms. The molecule has 0 aromatic heterocycles. The van der Waals surface area contributed by atoms with Crippen molar-refractivity contribution < 1.29 is 14.7 Å². The summed E-state index contributed by atoms with van der Waals surface area (Å²) in [4.78, 5) is 23.7. The van der Waals surface area contributed by atoms with Gasteiger partial charge in [0.2, 0.25) is 5.91 Å². The predicted octanol–water partition coefficient (Wildman–Crippen LogP) is 3.33. The maximum Gasteiger partial charge on any atom is 0.307 e. The lowest BCUT2D eigenvalue weighted by molar-refractivity contribution is -0.144. The number of hydrogen-bond donors (Lipinski definition) is 2. The molecule has 1 saturated carbocycles. The van der Waals surface area contributed by atoms with Gasteiger partial charge < -0.3 is 10.4 Å². The smallest absolute Gasteiger partial charge is 0.307 e. The summed E-state index contributed by atoms with van der Waals surface area (Å²) < 4.78 is 0. The number of benzene rings is 1. The van der Waals surface area contributed by atoms with E-state index >= 15 is 0 Å². The minimum atomic E-state index is -0.907. The summed E-state index contributed by atoms with van der Waals surface area (Å²) in [5, 5.41) is 12.5. The Hall–Kier alpha value is -1.84. The molecule has 1 fully saturated rings. The first-order chi connectivity index (χ1) is 10.6. The van der Waals surface area contributed by atoms with Gasteiger partial charge in [-0.1, -0.05) is 56.5 Å². The lowest BCUT2D eigenvalue weighted by atomic mass is 9.85. The molecular weight excluding hydrogens is 278 g/mol. The number of carboxylic acids is 1. The van der Waals surface area contributed by atoms with Gasteiger partial charge in [0, 0.05) is 12.5 Å². The molecule has 1 aromatic carbocycles. The summed E-state index contributed by atoms with van der Waals surface area (Å²) in [6.45, 7) is 1.88. The lowest BCUT2D eigenvalue weighted by Crippen LogP contribution is -2.38. The Morgan fingerprint density at radius 3 is 2.41 bits per heavy atom. The van der Waals surface area contributed by atoms with Gasteiger partial charge in [-0.3, -0.25) is 9.59 Å². The molecule has 1 aliphatic rings. The van der Waals surface area contributed by atoms with Crippen molar-refractivity contribution in [2.45, 2.75) is 57.4 Å². The normalized spacial score (nSPS) is 18.4. The van der Waals surface area contributed by atoms with E-state index in [-0.39, 0.29) is 24.3 Å². The molecule has 0 saturated heterocycles. The molecule has 1 amide bonds. The van der Waals surface area contributed by atoms with Crippen LogP contribution < -0.4 is 5.32 Å². The fourth-order valence-electron chi connectivity index (χ4n) is 3.20. The zero-order valence-corrected chi connectivity index (χ0v) is 13.1. The largest absolute Gasteiger partial charge is 0.481 e. The van der Waals surface area contributed by atoms with Crippen LogP contribution in [0, 0.1) is 5.92 Å². The molecule has 0 aliphatic heterocycles. The van der Waals surface area contributed by atoms with E-state index in [1.165, 1.54) is 6.42 Å². The highest BCUT2D eigenvalue weighted by Crippen LogP contribution is 2.27. The summed E-state index contributed by atoms with van der Waals surface area (Å²) in [7, 11) is 0. The molecule has 1 aliphatic carbocycles. The van der Waals surface area contributed by atoms with Gasteiger partial charge >= 0.3 is 5.97 Å². The van der Waals surface area contributed by atoms with Crippen LogP contribution in [0.2, 0.25) is 0 Å². The van der Waals surface area contributed by atoms with Gasteiger partial charge in [-0.2, -0.15) is 0 Å². The third-order valence-electron chi connectivity index (χ3n) is 4.62. The van der Waals surface area contributed by atoms with Crippen LogP contribution in [0.25, 0.3) is 0 Å².